The van der Waals surface area contributed by atoms with Gasteiger partial charge in [0.15, 0.2) is 11.5 Å². The second-order valence-electron chi connectivity index (χ2n) is 5.13. The van der Waals surface area contributed by atoms with Crippen LogP contribution in [0.25, 0.3) is 0 Å². The summed E-state index contributed by atoms with van der Waals surface area (Å²) in [5, 5.41) is 3.04. The smallest absolute Gasteiger partial charge is 0.251 e. The number of rotatable bonds is 7. The van der Waals surface area contributed by atoms with Gasteiger partial charge in [-0.3, -0.25) is 4.79 Å². The second-order valence-corrected chi connectivity index (χ2v) is 5.13. The zero-order valence-electron chi connectivity index (χ0n) is 12.4. The highest BCUT2D eigenvalue weighted by atomic mass is 16.5. The Morgan fingerprint density at radius 3 is 2.50 bits per heavy atom. The zero-order valence-corrected chi connectivity index (χ0v) is 12.4. The molecule has 20 heavy (non-hydrogen) atoms. The maximum atomic E-state index is 12.2. The summed E-state index contributed by atoms with van der Waals surface area (Å²) >= 11 is 0. The van der Waals surface area contributed by atoms with Crippen LogP contribution in [0.15, 0.2) is 18.2 Å². The number of hydrogen-bond acceptors (Lipinski definition) is 3. The molecule has 0 spiro atoms. The average Bonchev–Trinajstić information content (AvgIpc) is 3.25. The number of amides is 1. The lowest BCUT2D eigenvalue weighted by Crippen LogP contribution is -2.33. The molecule has 0 saturated heterocycles. The summed E-state index contributed by atoms with van der Waals surface area (Å²) in [4.78, 5) is 12.2. The van der Waals surface area contributed by atoms with Crippen LogP contribution in [-0.4, -0.2) is 25.2 Å². The number of nitrogens with one attached hydrogen (secondary N) is 1. The first-order valence-electron chi connectivity index (χ1n) is 7.36. The fourth-order valence-corrected chi connectivity index (χ4v) is 2.20. The van der Waals surface area contributed by atoms with Crippen molar-refractivity contribution in [3.63, 3.8) is 0 Å². The van der Waals surface area contributed by atoms with Gasteiger partial charge >= 0.3 is 0 Å². The number of carbonyl (C=O) groups excluding carboxylic acids is 1. The molecule has 1 aliphatic carbocycles. The Morgan fingerprint density at radius 2 is 1.90 bits per heavy atom. The normalized spacial score (nSPS) is 15.6. The molecule has 0 heterocycles. The summed E-state index contributed by atoms with van der Waals surface area (Å²) in [5.74, 6) is 1.91. The third kappa shape index (κ3) is 3.65. The predicted molar refractivity (Wildman–Crippen MR) is 78.4 cm³/mol. The lowest BCUT2D eigenvalue weighted by Gasteiger charge is -2.15. The van der Waals surface area contributed by atoms with Crippen LogP contribution in [0.5, 0.6) is 11.5 Å². The Balaban J connectivity index is 2.09. The SMILES string of the molecule is CCOc1ccc(C(=O)NC(C)C2CC2)cc1OCC. The van der Waals surface area contributed by atoms with Gasteiger partial charge in [-0.2, -0.15) is 0 Å². The second kappa shape index (κ2) is 6.64. The van der Waals surface area contributed by atoms with Crippen LogP contribution < -0.4 is 14.8 Å². The molecular formula is C16H23NO3. The van der Waals surface area contributed by atoms with Crippen molar-refractivity contribution in [2.45, 2.75) is 39.7 Å². The van der Waals surface area contributed by atoms with E-state index in [1.165, 1.54) is 12.8 Å². The van der Waals surface area contributed by atoms with E-state index in [0.717, 1.165) is 0 Å². The maximum absolute atomic E-state index is 12.2. The summed E-state index contributed by atoms with van der Waals surface area (Å²) in [6.07, 6.45) is 2.43. The van der Waals surface area contributed by atoms with Gasteiger partial charge in [0, 0.05) is 11.6 Å². The minimum atomic E-state index is -0.0478. The first-order valence-corrected chi connectivity index (χ1v) is 7.36. The molecule has 4 nitrogen and oxygen atoms in total. The Labute approximate surface area is 120 Å². The summed E-state index contributed by atoms with van der Waals surface area (Å²) in [6.45, 7) is 7.02. The molecule has 0 aliphatic heterocycles. The molecule has 0 aromatic heterocycles. The van der Waals surface area contributed by atoms with E-state index in [0.29, 0.717) is 36.2 Å². The van der Waals surface area contributed by atoms with E-state index in [4.69, 9.17) is 9.47 Å². The van der Waals surface area contributed by atoms with Crippen molar-refractivity contribution in [2.24, 2.45) is 5.92 Å². The molecule has 1 atom stereocenters. The van der Waals surface area contributed by atoms with Crippen molar-refractivity contribution >= 4 is 5.91 Å². The van der Waals surface area contributed by atoms with E-state index in [1.54, 1.807) is 18.2 Å². The molecule has 1 aromatic carbocycles. The third-order valence-electron chi connectivity index (χ3n) is 3.49. The topological polar surface area (TPSA) is 47.6 Å². The number of carbonyl (C=O) groups is 1. The molecule has 0 radical (unpaired) electrons. The van der Waals surface area contributed by atoms with Crippen molar-refractivity contribution in [2.75, 3.05) is 13.2 Å². The Hall–Kier alpha value is -1.71. The van der Waals surface area contributed by atoms with Gasteiger partial charge in [0.05, 0.1) is 13.2 Å². The molecule has 2 rings (SSSR count). The zero-order chi connectivity index (χ0) is 14.5. The summed E-state index contributed by atoms with van der Waals surface area (Å²) in [5.41, 5.74) is 0.615. The van der Waals surface area contributed by atoms with Crippen molar-refractivity contribution in [1.29, 1.82) is 0 Å². The highest BCUT2D eigenvalue weighted by Gasteiger charge is 2.29. The van der Waals surface area contributed by atoms with E-state index >= 15 is 0 Å². The molecule has 1 aliphatic rings. The maximum Gasteiger partial charge on any atom is 0.251 e. The first-order chi connectivity index (χ1) is 9.65. The average molecular weight is 277 g/mol. The summed E-state index contributed by atoms with van der Waals surface area (Å²) < 4.78 is 11.0. The number of benzene rings is 1. The van der Waals surface area contributed by atoms with Gasteiger partial charge in [-0.05, 0) is 57.7 Å². The lowest BCUT2D eigenvalue weighted by molar-refractivity contribution is 0.0935. The Kier molecular flexibility index (Phi) is 4.88. The van der Waals surface area contributed by atoms with Crippen LogP contribution in [0.1, 0.15) is 44.0 Å². The van der Waals surface area contributed by atoms with Crippen LogP contribution >= 0.6 is 0 Å². The quantitative estimate of drug-likeness (QED) is 0.833. The molecule has 1 N–H and O–H groups in total. The van der Waals surface area contributed by atoms with E-state index < -0.39 is 0 Å². The van der Waals surface area contributed by atoms with Gasteiger partial charge in [0.2, 0.25) is 0 Å². The number of ether oxygens (including phenoxy) is 2. The molecule has 1 aromatic rings. The van der Waals surface area contributed by atoms with Gasteiger partial charge in [0.25, 0.3) is 5.91 Å². The van der Waals surface area contributed by atoms with Crippen LogP contribution in [0, 0.1) is 5.92 Å². The van der Waals surface area contributed by atoms with Gasteiger partial charge in [-0.1, -0.05) is 0 Å². The lowest BCUT2D eigenvalue weighted by atomic mass is 10.1. The van der Waals surface area contributed by atoms with Crippen molar-refractivity contribution in [3.8, 4) is 11.5 Å². The van der Waals surface area contributed by atoms with Gasteiger partial charge in [0.1, 0.15) is 0 Å². The Morgan fingerprint density at radius 1 is 1.25 bits per heavy atom. The molecular weight excluding hydrogens is 254 g/mol. The van der Waals surface area contributed by atoms with E-state index in [-0.39, 0.29) is 11.9 Å². The standard InChI is InChI=1S/C16H23NO3/c1-4-19-14-9-8-13(10-15(14)20-5-2)16(18)17-11(3)12-6-7-12/h8-12H,4-7H2,1-3H3,(H,17,18). The van der Waals surface area contributed by atoms with Crippen molar-refractivity contribution in [3.05, 3.63) is 23.8 Å². The highest BCUT2D eigenvalue weighted by Crippen LogP contribution is 2.33. The van der Waals surface area contributed by atoms with E-state index in [9.17, 15) is 4.79 Å². The highest BCUT2D eigenvalue weighted by molar-refractivity contribution is 5.95. The monoisotopic (exact) mass is 277 g/mol. The molecule has 1 fully saturated rings. The van der Waals surface area contributed by atoms with Crippen molar-refractivity contribution in [1.82, 2.24) is 5.32 Å². The van der Waals surface area contributed by atoms with Crippen LogP contribution in [0.4, 0.5) is 0 Å². The van der Waals surface area contributed by atoms with Crippen LogP contribution in [-0.2, 0) is 0 Å². The van der Waals surface area contributed by atoms with Gasteiger partial charge < -0.3 is 14.8 Å². The third-order valence-corrected chi connectivity index (χ3v) is 3.49. The summed E-state index contributed by atoms with van der Waals surface area (Å²) in [6, 6.07) is 5.57. The molecule has 110 valence electrons. The van der Waals surface area contributed by atoms with E-state index in [2.05, 4.69) is 12.2 Å². The molecule has 1 unspecified atom stereocenters. The van der Waals surface area contributed by atoms with Gasteiger partial charge in [-0.25, -0.2) is 0 Å². The molecule has 0 bridgehead atoms. The summed E-state index contributed by atoms with van der Waals surface area (Å²) in [7, 11) is 0. The minimum Gasteiger partial charge on any atom is -0.490 e. The van der Waals surface area contributed by atoms with Gasteiger partial charge in [-0.15, -0.1) is 0 Å². The number of hydrogen-bond donors (Lipinski definition) is 1. The van der Waals surface area contributed by atoms with Crippen molar-refractivity contribution < 1.29 is 14.3 Å². The van der Waals surface area contributed by atoms with E-state index in [1.807, 2.05) is 13.8 Å². The predicted octanol–water partition coefficient (Wildman–Crippen LogP) is 3.01. The fraction of sp³-hybridized carbons (Fsp3) is 0.562. The van der Waals surface area contributed by atoms with Crippen LogP contribution in [0.2, 0.25) is 0 Å². The molecule has 1 amide bonds. The fourth-order valence-electron chi connectivity index (χ4n) is 2.20. The van der Waals surface area contributed by atoms with Crippen LogP contribution in [0.3, 0.4) is 0 Å². The largest absolute Gasteiger partial charge is 0.490 e. The molecule has 1 saturated carbocycles. The Bertz CT molecular complexity index is 469. The minimum absolute atomic E-state index is 0.0478. The first kappa shape index (κ1) is 14.7. The molecule has 4 heteroatoms.